The van der Waals surface area contributed by atoms with Gasteiger partial charge in [-0.3, -0.25) is 4.79 Å². The third-order valence-corrected chi connectivity index (χ3v) is 2.89. The highest BCUT2D eigenvalue weighted by molar-refractivity contribution is 7.09. The zero-order chi connectivity index (χ0) is 11.5. The molecule has 0 saturated heterocycles. The zero-order valence-corrected chi connectivity index (χ0v) is 9.13. The number of hydrogen-bond donors (Lipinski definition) is 1. The number of carbonyl (C=O) groups is 1. The van der Waals surface area contributed by atoms with Crippen molar-refractivity contribution in [3.8, 4) is 0 Å². The van der Waals surface area contributed by atoms with Crippen LogP contribution in [0, 0.1) is 5.82 Å². The summed E-state index contributed by atoms with van der Waals surface area (Å²) >= 11 is 1.39. The third-order valence-electron chi connectivity index (χ3n) is 2.11. The van der Waals surface area contributed by atoms with Crippen LogP contribution in [0.15, 0.2) is 29.8 Å². The molecule has 2 N–H and O–H groups in total. The average Bonchev–Trinajstić information content (AvgIpc) is 2.74. The normalized spacial score (nSPS) is 10.3. The number of rotatable bonds is 3. The fourth-order valence-corrected chi connectivity index (χ4v) is 1.96. The van der Waals surface area contributed by atoms with E-state index < -0.39 is 5.82 Å². The molecular weight excluding hydrogens is 227 g/mol. The first-order chi connectivity index (χ1) is 7.66. The molecular formula is C11H9FN2OS. The number of anilines is 1. The lowest BCUT2D eigenvalue weighted by Gasteiger charge is -2.03. The predicted molar refractivity (Wildman–Crippen MR) is 61.0 cm³/mol. The topological polar surface area (TPSA) is 56.0 Å². The molecule has 0 radical (unpaired) electrons. The van der Waals surface area contributed by atoms with Crippen LogP contribution >= 0.6 is 11.3 Å². The van der Waals surface area contributed by atoms with Gasteiger partial charge in [0, 0.05) is 22.8 Å². The van der Waals surface area contributed by atoms with Crippen molar-refractivity contribution in [2.24, 2.45) is 0 Å². The Labute approximate surface area is 95.7 Å². The Morgan fingerprint density at radius 3 is 3.00 bits per heavy atom. The van der Waals surface area contributed by atoms with E-state index in [4.69, 9.17) is 5.73 Å². The lowest BCUT2D eigenvalue weighted by Crippen LogP contribution is -2.07. The number of nitrogens with zero attached hydrogens (tertiary/aromatic N) is 1. The summed E-state index contributed by atoms with van der Waals surface area (Å²) < 4.78 is 13.0. The molecule has 1 aromatic carbocycles. The van der Waals surface area contributed by atoms with Crippen LogP contribution in [0.4, 0.5) is 10.1 Å². The maximum Gasteiger partial charge on any atom is 0.171 e. The van der Waals surface area contributed by atoms with Crippen molar-refractivity contribution in [1.82, 2.24) is 4.98 Å². The van der Waals surface area contributed by atoms with Gasteiger partial charge in [-0.05, 0) is 18.2 Å². The molecule has 82 valence electrons. The highest BCUT2D eigenvalue weighted by Crippen LogP contribution is 2.17. The minimum Gasteiger partial charge on any atom is -0.398 e. The molecule has 2 aromatic rings. The van der Waals surface area contributed by atoms with Crippen molar-refractivity contribution in [3.63, 3.8) is 0 Å². The van der Waals surface area contributed by atoms with Gasteiger partial charge in [-0.15, -0.1) is 11.3 Å². The minimum absolute atomic E-state index is 0.158. The van der Waals surface area contributed by atoms with Gasteiger partial charge >= 0.3 is 0 Å². The highest BCUT2D eigenvalue weighted by atomic mass is 32.1. The first kappa shape index (κ1) is 10.8. The first-order valence-corrected chi connectivity index (χ1v) is 5.51. The van der Waals surface area contributed by atoms with E-state index in [1.54, 1.807) is 11.6 Å². The van der Waals surface area contributed by atoms with Gasteiger partial charge in [0.25, 0.3) is 0 Å². The molecule has 2 rings (SSSR count). The summed E-state index contributed by atoms with van der Waals surface area (Å²) in [4.78, 5) is 15.8. The summed E-state index contributed by atoms with van der Waals surface area (Å²) in [5.74, 6) is -0.677. The van der Waals surface area contributed by atoms with Crippen molar-refractivity contribution in [2.45, 2.75) is 6.42 Å². The van der Waals surface area contributed by atoms with E-state index in [1.165, 1.54) is 23.5 Å². The lowest BCUT2D eigenvalue weighted by molar-refractivity contribution is 0.0993. The molecule has 0 unspecified atom stereocenters. The molecule has 5 heteroatoms. The summed E-state index contributed by atoms with van der Waals surface area (Å²) in [5, 5.41) is 2.49. The Morgan fingerprint density at radius 1 is 1.50 bits per heavy atom. The monoisotopic (exact) mass is 236 g/mol. The van der Waals surface area contributed by atoms with Gasteiger partial charge in [0.1, 0.15) is 10.8 Å². The fourth-order valence-electron chi connectivity index (χ4n) is 1.34. The first-order valence-electron chi connectivity index (χ1n) is 4.63. The second-order valence-corrected chi connectivity index (χ2v) is 4.24. The Hall–Kier alpha value is -1.75. The number of Topliss-reactive ketones (excluding diaryl/α,β-unsaturated/α-hetero) is 1. The van der Waals surface area contributed by atoms with Gasteiger partial charge in [-0.2, -0.15) is 0 Å². The number of nitrogens with two attached hydrogens (primary N) is 1. The van der Waals surface area contributed by atoms with Crippen molar-refractivity contribution < 1.29 is 9.18 Å². The molecule has 0 spiro atoms. The SMILES string of the molecule is Nc1ccc(F)cc1C(=O)Cc1nccs1. The predicted octanol–water partition coefficient (Wildman–Crippen LogP) is 2.29. The van der Waals surface area contributed by atoms with E-state index in [-0.39, 0.29) is 17.8 Å². The maximum absolute atomic E-state index is 13.0. The number of thiazole rings is 1. The molecule has 0 aliphatic carbocycles. The molecule has 0 aliphatic heterocycles. The van der Waals surface area contributed by atoms with Gasteiger partial charge in [-0.25, -0.2) is 9.37 Å². The Kier molecular flexibility index (Phi) is 2.96. The van der Waals surface area contributed by atoms with E-state index in [1.807, 2.05) is 0 Å². The van der Waals surface area contributed by atoms with Crippen LogP contribution in [0.5, 0.6) is 0 Å². The van der Waals surface area contributed by atoms with Crippen molar-refractivity contribution >= 4 is 22.8 Å². The highest BCUT2D eigenvalue weighted by Gasteiger charge is 2.12. The zero-order valence-electron chi connectivity index (χ0n) is 8.31. The number of ketones is 1. The van der Waals surface area contributed by atoms with E-state index >= 15 is 0 Å². The third kappa shape index (κ3) is 2.25. The number of aromatic nitrogens is 1. The van der Waals surface area contributed by atoms with Crippen molar-refractivity contribution in [3.05, 3.63) is 46.2 Å². The van der Waals surface area contributed by atoms with Crippen molar-refractivity contribution in [2.75, 3.05) is 5.73 Å². The summed E-state index contributed by atoms with van der Waals surface area (Å²) in [7, 11) is 0. The average molecular weight is 236 g/mol. The van der Waals surface area contributed by atoms with Crippen LogP contribution in [0.3, 0.4) is 0 Å². The molecule has 0 amide bonds. The van der Waals surface area contributed by atoms with E-state index in [0.717, 1.165) is 6.07 Å². The van der Waals surface area contributed by atoms with E-state index in [0.29, 0.717) is 10.7 Å². The van der Waals surface area contributed by atoms with Crippen molar-refractivity contribution in [1.29, 1.82) is 0 Å². The lowest BCUT2D eigenvalue weighted by atomic mass is 10.1. The minimum atomic E-state index is -0.461. The Balaban J connectivity index is 2.24. The summed E-state index contributed by atoms with van der Waals surface area (Å²) in [6, 6.07) is 3.78. The molecule has 0 bridgehead atoms. The smallest absolute Gasteiger partial charge is 0.171 e. The molecule has 0 saturated carbocycles. The van der Waals surface area contributed by atoms with Crippen LogP contribution in [0.2, 0.25) is 0 Å². The van der Waals surface area contributed by atoms with Crippen LogP contribution in [-0.2, 0) is 6.42 Å². The van der Waals surface area contributed by atoms with Gasteiger partial charge in [-0.1, -0.05) is 0 Å². The van der Waals surface area contributed by atoms with Crippen LogP contribution in [-0.4, -0.2) is 10.8 Å². The van der Waals surface area contributed by atoms with Gasteiger partial charge in [0.05, 0.1) is 6.42 Å². The number of benzene rings is 1. The molecule has 0 fully saturated rings. The number of halogens is 1. The number of carbonyl (C=O) groups excluding carboxylic acids is 1. The van der Waals surface area contributed by atoms with Gasteiger partial charge in [0.15, 0.2) is 5.78 Å². The quantitative estimate of drug-likeness (QED) is 0.657. The molecule has 16 heavy (non-hydrogen) atoms. The maximum atomic E-state index is 13.0. The van der Waals surface area contributed by atoms with Crippen LogP contribution in [0.25, 0.3) is 0 Å². The standard InChI is InChI=1S/C11H9FN2OS/c12-7-1-2-9(13)8(5-7)10(15)6-11-14-3-4-16-11/h1-5H,6,13H2. The molecule has 1 heterocycles. The number of hydrogen-bond acceptors (Lipinski definition) is 4. The molecule has 1 aromatic heterocycles. The summed E-state index contributed by atoms with van der Waals surface area (Å²) in [6.45, 7) is 0. The summed E-state index contributed by atoms with van der Waals surface area (Å²) in [5.41, 5.74) is 6.13. The summed E-state index contributed by atoms with van der Waals surface area (Å²) in [6.07, 6.45) is 1.79. The fraction of sp³-hybridized carbons (Fsp3) is 0.0909. The van der Waals surface area contributed by atoms with Crippen LogP contribution in [0.1, 0.15) is 15.4 Å². The van der Waals surface area contributed by atoms with Gasteiger partial charge in [0.2, 0.25) is 0 Å². The van der Waals surface area contributed by atoms with Gasteiger partial charge < -0.3 is 5.73 Å². The largest absolute Gasteiger partial charge is 0.398 e. The van der Waals surface area contributed by atoms with E-state index in [2.05, 4.69) is 4.98 Å². The Bertz CT molecular complexity index is 511. The van der Waals surface area contributed by atoms with Crippen LogP contribution < -0.4 is 5.73 Å². The molecule has 0 aliphatic rings. The second kappa shape index (κ2) is 4.40. The second-order valence-electron chi connectivity index (χ2n) is 3.26. The number of nitrogen functional groups attached to an aromatic ring is 1. The molecule has 0 atom stereocenters. The van der Waals surface area contributed by atoms with E-state index in [9.17, 15) is 9.18 Å². The Morgan fingerprint density at radius 2 is 2.31 bits per heavy atom. The molecule has 3 nitrogen and oxygen atoms in total.